The zero-order valence-electron chi connectivity index (χ0n) is 18.5. The molecule has 0 bridgehead atoms. The van der Waals surface area contributed by atoms with E-state index in [4.69, 9.17) is 19.4 Å². The van der Waals surface area contributed by atoms with Crippen LogP contribution in [0.15, 0.2) is 18.2 Å². The molecule has 2 atom stereocenters. The molecule has 12 heteroatoms. The summed E-state index contributed by atoms with van der Waals surface area (Å²) in [6, 6.07) is 4.52. The van der Waals surface area contributed by atoms with Crippen molar-refractivity contribution in [2.24, 2.45) is 0 Å². The molecule has 0 aliphatic carbocycles. The molecule has 0 unspecified atom stereocenters. The summed E-state index contributed by atoms with van der Waals surface area (Å²) in [7, 11) is 0. The van der Waals surface area contributed by atoms with Crippen LogP contribution in [0.3, 0.4) is 0 Å². The molecule has 0 aromatic heterocycles. The number of hydrogen-bond acceptors (Lipinski definition) is 6. The van der Waals surface area contributed by atoms with E-state index in [1.165, 1.54) is 12.1 Å². The number of carboxylic acids is 1. The van der Waals surface area contributed by atoms with Gasteiger partial charge in [-0.25, -0.2) is 9.18 Å². The van der Waals surface area contributed by atoms with Crippen molar-refractivity contribution in [3.63, 3.8) is 0 Å². The fraction of sp³-hybridized carbons (Fsp3) is 0.636. The number of carbonyl (C=O) groups excluding carboxylic acids is 1. The van der Waals surface area contributed by atoms with E-state index in [-0.39, 0.29) is 23.4 Å². The molecule has 190 valence electrons. The quantitative estimate of drug-likeness (QED) is 0.624. The Morgan fingerprint density at radius 3 is 2.62 bits per heavy atom. The molecule has 3 heterocycles. The number of phenolic OH excluding ortho intramolecular Hbond substituents is 1. The average molecular weight is 492 g/mol. The van der Waals surface area contributed by atoms with Gasteiger partial charge in [0.2, 0.25) is 5.91 Å². The molecule has 3 aliphatic rings. The molecule has 1 amide bonds. The molecule has 2 N–H and O–H groups in total. The van der Waals surface area contributed by atoms with Crippen LogP contribution in [-0.4, -0.2) is 89.2 Å². The third-order valence-electron chi connectivity index (χ3n) is 6.02. The number of ether oxygens (including phenoxy) is 2. The van der Waals surface area contributed by atoms with Crippen molar-refractivity contribution in [3.05, 3.63) is 29.6 Å². The van der Waals surface area contributed by atoms with E-state index < -0.39 is 18.0 Å². The first-order valence-electron chi connectivity index (χ1n) is 11.0. The smallest absolute Gasteiger partial charge is 0.490 e. The lowest BCUT2D eigenvalue weighted by molar-refractivity contribution is -0.192. The van der Waals surface area contributed by atoms with E-state index >= 15 is 0 Å². The summed E-state index contributed by atoms with van der Waals surface area (Å²) in [5, 5.41) is 16.5. The van der Waals surface area contributed by atoms with E-state index in [1.807, 2.05) is 4.90 Å². The van der Waals surface area contributed by atoms with Gasteiger partial charge in [-0.2, -0.15) is 13.2 Å². The Balaban J connectivity index is 0.000000406. The van der Waals surface area contributed by atoms with Crippen LogP contribution in [0.4, 0.5) is 17.6 Å². The largest absolute Gasteiger partial charge is 0.505 e. The van der Waals surface area contributed by atoms with E-state index in [9.17, 15) is 27.5 Å². The van der Waals surface area contributed by atoms with Crippen molar-refractivity contribution in [3.8, 4) is 5.75 Å². The van der Waals surface area contributed by atoms with Crippen molar-refractivity contribution in [1.29, 1.82) is 0 Å². The SMILES string of the molecule is O=C(O)C(F)(F)F.O=C1CCCN1C[C@H]1CC[C@]2(COCCN(Cc3ccc(O)c(F)c3)C2)O1. The Morgan fingerprint density at radius 1 is 1.26 bits per heavy atom. The molecular weight excluding hydrogens is 464 g/mol. The third-order valence-corrected chi connectivity index (χ3v) is 6.02. The van der Waals surface area contributed by atoms with Gasteiger partial charge in [-0.3, -0.25) is 9.69 Å². The number of aromatic hydroxyl groups is 1. The van der Waals surface area contributed by atoms with Gasteiger partial charge in [0, 0.05) is 39.1 Å². The first-order chi connectivity index (χ1) is 16.0. The second-order valence-corrected chi connectivity index (χ2v) is 8.76. The van der Waals surface area contributed by atoms with Crippen molar-refractivity contribution < 1.29 is 46.8 Å². The van der Waals surface area contributed by atoms with Gasteiger partial charge in [-0.05, 0) is 37.0 Å². The standard InChI is InChI=1S/C20H27FN2O4.C2HF3O2/c21-17-10-15(3-4-18(17)24)11-22-8-9-26-14-20(13-22)6-5-16(27-20)12-23-7-1-2-19(23)25;3-2(4,5)1(6)7/h3-4,10,16,24H,1-2,5-9,11-14H2;(H,6,7)/t16-,20+;/m1./s1. The normalized spacial score (nSPS) is 25.8. The van der Waals surface area contributed by atoms with Gasteiger partial charge in [0.25, 0.3) is 0 Å². The lowest BCUT2D eigenvalue weighted by Crippen LogP contribution is -2.45. The molecule has 34 heavy (non-hydrogen) atoms. The number of alkyl halides is 3. The average Bonchev–Trinajstić information content (AvgIpc) is 3.27. The Hall–Kier alpha value is -2.44. The van der Waals surface area contributed by atoms with Crippen LogP contribution in [0.2, 0.25) is 0 Å². The van der Waals surface area contributed by atoms with E-state index in [2.05, 4.69) is 4.90 Å². The fourth-order valence-corrected chi connectivity index (χ4v) is 4.42. The molecule has 1 aromatic rings. The maximum atomic E-state index is 13.6. The van der Waals surface area contributed by atoms with Crippen LogP contribution in [0.1, 0.15) is 31.2 Å². The zero-order valence-corrected chi connectivity index (χ0v) is 18.5. The summed E-state index contributed by atoms with van der Waals surface area (Å²) in [4.78, 5) is 24.9. The van der Waals surface area contributed by atoms with Gasteiger partial charge in [0.05, 0.1) is 19.3 Å². The molecule has 1 spiro atoms. The molecule has 0 saturated carbocycles. The second kappa shape index (κ2) is 10.9. The van der Waals surface area contributed by atoms with Gasteiger partial charge in [-0.1, -0.05) is 6.07 Å². The predicted molar refractivity (Wildman–Crippen MR) is 111 cm³/mol. The van der Waals surface area contributed by atoms with Crippen molar-refractivity contribution in [2.75, 3.05) is 39.4 Å². The first-order valence-corrected chi connectivity index (χ1v) is 11.0. The summed E-state index contributed by atoms with van der Waals surface area (Å²) in [5.41, 5.74) is 0.457. The monoisotopic (exact) mass is 492 g/mol. The highest BCUT2D eigenvalue weighted by molar-refractivity contribution is 5.78. The Kier molecular flexibility index (Phi) is 8.37. The Labute approximate surface area is 194 Å². The van der Waals surface area contributed by atoms with Crippen LogP contribution in [0, 0.1) is 5.82 Å². The van der Waals surface area contributed by atoms with Gasteiger partial charge in [0.15, 0.2) is 11.6 Å². The van der Waals surface area contributed by atoms with E-state index in [0.717, 1.165) is 44.5 Å². The molecular formula is C22H28F4N2O6. The maximum Gasteiger partial charge on any atom is 0.490 e. The number of likely N-dealkylation sites (tertiary alicyclic amines) is 1. The zero-order chi connectivity index (χ0) is 24.9. The van der Waals surface area contributed by atoms with Crippen LogP contribution in [-0.2, 0) is 25.6 Å². The van der Waals surface area contributed by atoms with Crippen LogP contribution < -0.4 is 0 Å². The topological polar surface area (TPSA) is 99.5 Å². The highest BCUT2D eigenvalue weighted by Crippen LogP contribution is 2.34. The number of carboxylic acid groups (broad SMARTS) is 1. The number of benzene rings is 1. The molecule has 3 fully saturated rings. The number of phenols is 1. The molecule has 3 saturated heterocycles. The molecule has 8 nitrogen and oxygen atoms in total. The summed E-state index contributed by atoms with van der Waals surface area (Å²) in [5.74, 6) is -3.45. The number of nitrogens with zero attached hydrogens (tertiary/aromatic N) is 2. The van der Waals surface area contributed by atoms with Crippen LogP contribution in [0.5, 0.6) is 5.75 Å². The molecule has 0 radical (unpaired) electrons. The predicted octanol–water partition coefficient (Wildman–Crippen LogP) is 2.54. The highest BCUT2D eigenvalue weighted by atomic mass is 19.4. The lowest BCUT2D eigenvalue weighted by Gasteiger charge is -2.32. The minimum Gasteiger partial charge on any atom is -0.505 e. The first kappa shape index (κ1) is 26.2. The molecule has 1 aromatic carbocycles. The van der Waals surface area contributed by atoms with E-state index in [0.29, 0.717) is 32.7 Å². The van der Waals surface area contributed by atoms with Crippen molar-refractivity contribution in [2.45, 2.75) is 50.1 Å². The van der Waals surface area contributed by atoms with Crippen molar-refractivity contribution >= 4 is 11.9 Å². The Bertz CT molecular complexity index is 883. The number of aliphatic carboxylic acids is 1. The second-order valence-electron chi connectivity index (χ2n) is 8.76. The third kappa shape index (κ3) is 7.03. The van der Waals surface area contributed by atoms with Gasteiger partial charge in [0.1, 0.15) is 5.60 Å². The van der Waals surface area contributed by atoms with Crippen LogP contribution in [0.25, 0.3) is 0 Å². The summed E-state index contributed by atoms with van der Waals surface area (Å²) >= 11 is 0. The summed E-state index contributed by atoms with van der Waals surface area (Å²) < 4.78 is 57.6. The number of carbonyl (C=O) groups is 2. The number of halogens is 4. The molecule has 4 rings (SSSR count). The summed E-state index contributed by atoms with van der Waals surface area (Å²) in [6.07, 6.45) is -1.61. The number of amides is 1. The lowest BCUT2D eigenvalue weighted by atomic mass is 9.99. The van der Waals surface area contributed by atoms with Gasteiger partial charge >= 0.3 is 12.1 Å². The van der Waals surface area contributed by atoms with Gasteiger partial charge in [-0.15, -0.1) is 0 Å². The van der Waals surface area contributed by atoms with E-state index in [1.54, 1.807) is 6.07 Å². The molecule has 3 aliphatic heterocycles. The number of hydrogen-bond donors (Lipinski definition) is 2. The number of rotatable bonds is 4. The fourth-order valence-electron chi connectivity index (χ4n) is 4.42. The minimum absolute atomic E-state index is 0.0571. The van der Waals surface area contributed by atoms with Gasteiger partial charge < -0.3 is 24.6 Å². The van der Waals surface area contributed by atoms with Crippen LogP contribution >= 0.6 is 0 Å². The highest BCUT2D eigenvalue weighted by Gasteiger charge is 2.44. The summed E-state index contributed by atoms with van der Waals surface area (Å²) in [6.45, 7) is 4.73. The minimum atomic E-state index is -5.08. The maximum absolute atomic E-state index is 13.6. The van der Waals surface area contributed by atoms with Crippen molar-refractivity contribution in [1.82, 2.24) is 9.80 Å². The Morgan fingerprint density at radius 2 is 2.00 bits per heavy atom.